The fourth-order valence-electron chi connectivity index (χ4n) is 5.05. The number of halogens is 2. The lowest BCUT2D eigenvalue weighted by Gasteiger charge is -2.41. The molecule has 4 rings (SSSR count). The Kier molecular flexibility index (Phi) is 6.95. The molecule has 4 N–H and O–H groups in total. The molecule has 0 unspecified atom stereocenters. The number of carbonyl (C=O) groups is 1. The van der Waals surface area contributed by atoms with Crippen LogP contribution in [0.2, 0.25) is 0 Å². The van der Waals surface area contributed by atoms with Gasteiger partial charge in [-0.05, 0) is 43.4 Å². The maximum atomic E-state index is 13.8. The molecular weight excluding hydrogens is 426 g/mol. The molecule has 2 aliphatic rings. The van der Waals surface area contributed by atoms with E-state index in [9.17, 15) is 18.7 Å². The number of pyridine rings is 1. The number of nitrogen functional groups attached to an aromatic ring is 1. The second kappa shape index (κ2) is 9.73. The van der Waals surface area contributed by atoms with Gasteiger partial charge in [0.25, 0.3) is 5.91 Å². The Labute approximate surface area is 193 Å². The van der Waals surface area contributed by atoms with Gasteiger partial charge in [-0.1, -0.05) is 36.4 Å². The first-order valence-corrected chi connectivity index (χ1v) is 11.7. The summed E-state index contributed by atoms with van der Waals surface area (Å²) in [7, 11) is 0. The van der Waals surface area contributed by atoms with Gasteiger partial charge in [0.1, 0.15) is 5.82 Å². The summed E-state index contributed by atoms with van der Waals surface area (Å²) in [5.74, 6) is -3.26. The lowest BCUT2D eigenvalue weighted by atomic mass is 9.71. The minimum Gasteiger partial charge on any atom is -0.384 e. The van der Waals surface area contributed by atoms with Gasteiger partial charge in [-0.15, -0.1) is 0 Å². The summed E-state index contributed by atoms with van der Waals surface area (Å²) in [6.07, 6.45) is 1.07. The molecule has 1 atom stereocenters. The molecule has 1 aliphatic carbocycles. The highest BCUT2D eigenvalue weighted by molar-refractivity contribution is 5.87. The number of likely N-dealkylation sites (tertiary alicyclic amines) is 1. The minimum atomic E-state index is -2.73. The zero-order valence-electron chi connectivity index (χ0n) is 18.7. The molecule has 0 bridgehead atoms. The van der Waals surface area contributed by atoms with Crippen LogP contribution >= 0.6 is 0 Å². The molecule has 1 aromatic heterocycles. The van der Waals surface area contributed by atoms with Crippen molar-refractivity contribution in [2.45, 2.75) is 62.6 Å². The molecule has 33 heavy (non-hydrogen) atoms. The summed E-state index contributed by atoms with van der Waals surface area (Å²) in [5, 5.41) is 14.7. The number of aromatic nitrogens is 1. The van der Waals surface area contributed by atoms with Crippen LogP contribution in [0.3, 0.4) is 0 Å². The Hall–Kier alpha value is -2.58. The van der Waals surface area contributed by atoms with Crippen molar-refractivity contribution in [2.75, 3.05) is 18.8 Å². The number of benzene rings is 1. The van der Waals surface area contributed by atoms with Crippen LogP contribution in [0.25, 0.3) is 0 Å². The number of rotatable bonds is 6. The van der Waals surface area contributed by atoms with Crippen molar-refractivity contribution in [3.8, 4) is 0 Å². The van der Waals surface area contributed by atoms with E-state index < -0.39 is 23.3 Å². The Morgan fingerprint density at radius 2 is 1.76 bits per heavy atom. The summed E-state index contributed by atoms with van der Waals surface area (Å²) in [5.41, 5.74) is 5.31. The number of carbonyl (C=O) groups excluding carboxylic acids is 1. The molecule has 2 fully saturated rings. The number of anilines is 1. The number of nitrogens with zero attached hydrogens (tertiary/aromatic N) is 2. The van der Waals surface area contributed by atoms with Crippen LogP contribution in [-0.4, -0.2) is 46.0 Å². The van der Waals surface area contributed by atoms with E-state index in [1.807, 2.05) is 18.2 Å². The van der Waals surface area contributed by atoms with Gasteiger partial charge in [-0.25, -0.2) is 13.8 Å². The fraction of sp³-hybridized carbons (Fsp3) is 0.520. The monoisotopic (exact) mass is 458 g/mol. The molecule has 1 aliphatic heterocycles. The van der Waals surface area contributed by atoms with E-state index in [4.69, 9.17) is 5.73 Å². The van der Waals surface area contributed by atoms with Gasteiger partial charge in [-0.3, -0.25) is 9.69 Å². The Bertz CT molecular complexity index is 940. The van der Waals surface area contributed by atoms with Crippen molar-refractivity contribution < 1.29 is 18.7 Å². The number of aliphatic hydroxyl groups is 1. The van der Waals surface area contributed by atoms with Crippen LogP contribution in [0.4, 0.5) is 14.6 Å². The molecule has 2 aromatic rings. The molecule has 6 nitrogen and oxygen atoms in total. The molecule has 1 saturated carbocycles. The van der Waals surface area contributed by atoms with E-state index >= 15 is 0 Å². The number of nitrogens with one attached hydrogen (secondary N) is 1. The molecule has 2 heterocycles. The predicted molar refractivity (Wildman–Crippen MR) is 122 cm³/mol. The van der Waals surface area contributed by atoms with Crippen LogP contribution < -0.4 is 11.1 Å². The second-order valence-electron chi connectivity index (χ2n) is 9.34. The smallest absolute Gasteiger partial charge is 0.257 e. The van der Waals surface area contributed by atoms with Gasteiger partial charge in [-0.2, -0.15) is 0 Å². The van der Waals surface area contributed by atoms with E-state index in [1.165, 1.54) is 0 Å². The van der Waals surface area contributed by atoms with Gasteiger partial charge in [0, 0.05) is 44.4 Å². The zero-order chi connectivity index (χ0) is 23.5. The third kappa shape index (κ3) is 5.50. The average Bonchev–Trinajstić information content (AvgIpc) is 2.80. The highest BCUT2D eigenvalue weighted by Crippen LogP contribution is 2.44. The van der Waals surface area contributed by atoms with Crippen LogP contribution in [-0.2, 0) is 16.9 Å². The normalized spacial score (nSPS) is 21.9. The number of alkyl halides is 2. The van der Waals surface area contributed by atoms with Gasteiger partial charge < -0.3 is 16.2 Å². The average molecular weight is 459 g/mol. The minimum absolute atomic E-state index is 0.0807. The molecular formula is C25H32F2N4O2. The number of piperidine rings is 1. The SMILES string of the molecule is Nc1cccc(CN2CCC(NC(=O)[C@](O)(c3ccccc3)C3CCC(F)(F)CC3)CC2)n1. The van der Waals surface area contributed by atoms with Crippen LogP contribution in [0.5, 0.6) is 0 Å². The highest BCUT2D eigenvalue weighted by Gasteiger charge is 2.49. The van der Waals surface area contributed by atoms with E-state index in [0.717, 1.165) is 31.6 Å². The quantitative estimate of drug-likeness (QED) is 0.617. The van der Waals surface area contributed by atoms with Crippen LogP contribution in [0.15, 0.2) is 48.5 Å². The summed E-state index contributed by atoms with van der Waals surface area (Å²) < 4.78 is 27.5. The first-order chi connectivity index (χ1) is 15.8. The van der Waals surface area contributed by atoms with Gasteiger partial charge in [0.05, 0.1) is 5.69 Å². The molecule has 0 radical (unpaired) electrons. The van der Waals surface area contributed by atoms with Gasteiger partial charge >= 0.3 is 0 Å². The predicted octanol–water partition coefficient (Wildman–Crippen LogP) is 3.46. The molecule has 178 valence electrons. The molecule has 1 aromatic carbocycles. The third-order valence-corrected chi connectivity index (χ3v) is 7.00. The molecule has 1 saturated heterocycles. The van der Waals surface area contributed by atoms with Gasteiger partial charge in [0.15, 0.2) is 5.60 Å². The Morgan fingerprint density at radius 3 is 2.39 bits per heavy atom. The largest absolute Gasteiger partial charge is 0.384 e. The zero-order valence-corrected chi connectivity index (χ0v) is 18.7. The van der Waals surface area contributed by atoms with E-state index in [-0.39, 0.29) is 31.7 Å². The lowest BCUT2D eigenvalue weighted by molar-refractivity contribution is -0.155. The number of hydrogen-bond acceptors (Lipinski definition) is 5. The van der Waals surface area contributed by atoms with Crippen LogP contribution in [0, 0.1) is 5.92 Å². The maximum absolute atomic E-state index is 13.8. The Balaban J connectivity index is 1.40. The molecule has 1 amide bonds. The van der Waals surface area contributed by atoms with E-state index in [0.29, 0.717) is 17.9 Å². The van der Waals surface area contributed by atoms with Crippen molar-refractivity contribution in [1.82, 2.24) is 15.2 Å². The summed E-state index contributed by atoms with van der Waals surface area (Å²) in [6.45, 7) is 2.25. The summed E-state index contributed by atoms with van der Waals surface area (Å²) in [4.78, 5) is 20.0. The van der Waals surface area contributed by atoms with Crippen molar-refractivity contribution in [3.63, 3.8) is 0 Å². The van der Waals surface area contributed by atoms with Crippen molar-refractivity contribution >= 4 is 11.7 Å². The standard InChI is InChI=1S/C25H32F2N4O2/c26-24(27)13-9-19(10-14-24)25(33,18-5-2-1-3-6-18)23(32)30-20-11-15-31(16-12-20)17-21-7-4-8-22(28)29-21/h1-8,19-20,33H,9-17H2,(H2,28,29)(H,30,32)/t25-/m0/s1. The molecule has 8 heteroatoms. The number of hydrogen-bond donors (Lipinski definition) is 3. The van der Waals surface area contributed by atoms with E-state index in [2.05, 4.69) is 15.2 Å². The summed E-state index contributed by atoms with van der Waals surface area (Å²) >= 11 is 0. The van der Waals surface area contributed by atoms with Crippen molar-refractivity contribution in [1.29, 1.82) is 0 Å². The summed E-state index contributed by atoms with van der Waals surface area (Å²) in [6, 6.07) is 14.2. The topological polar surface area (TPSA) is 91.5 Å². The number of nitrogens with two attached hydrogens (primary N) is 1. The fourth-order valence-corrected chi connectivity index (χ4v) is 5.05. The third-order valence-electron chi connectivity index (χ3n) is 7.00. The van der Waals surface area contributed by atoms with Crippen molar-refractivity contribution in [2.24, 2.45) is 5.92 Å². The van der Waals surface area contributed by atoms with Crippen LogP contribution in [0.1, 0.15) is 49.8 Å². The lowest BCUT2D eigenvalue weighted by Crippen LogP contribution is -2.55. The number of amides is 1. The van der Waals surface area contributed by atoms with Crippen molar-refractivity contribution in [3.05, 3.63) is 59.8 Å². The molecule has 0 spiro atoms. The second-order valence-corrected chi connectivity index (χ2v) is 9.34. The van der Waals surface area contributed by atoms with E-state index in [1.54, 1.807) is 30.3 Å². The first kappa shape index (κ1) is 23.6. The maximum Gasteiger partial charge on any atom is 0.257 e. The first-order valence-electron chi connectivity index (χ1n) is 11.7. The highest BCUT2D eigenvalue weighted by atomic mass is 19.3. The Morgan fingerprint density at radius 1 is 1.09 bits per heavy atom. The van der Waals surface area contributed by atoms with Gasteiger partial charge in [0.2, 0.25) is 5.92 Å².